The molecule has 5 heteroatoms. The van der Waals surface area contributed by atoms with E-state index >= 15 is 0 Å². The van der Waals surface area contributed by atoms with Crippen LogP contribution in [0.15, 0.2) is 42.9 Å². The normalized spacial score (nSPS) is 20.0. The van der Waals surface area contributed by atoms with Gasteiger partial charge in [-0.2, -0.15) is 0 Å². The lowest BCUT2D eigenvalue weighted by molar-refractivity contribution is -0.121. The first-order valence-electron chi connectivity index (χ1n) is 9.41. The van der Waals surface area contributed by atoms with Gasteiger partial charge in [0, 0.05) is 18.4 Å². The number of benzene rings is 1. The van der Waals surface area contributed by atoms with Crippen molar-refractivity contribution >= 4 is 5.91 Å². The van der Waals surface area contributed by atoms with E-state index in [0.717, 1.165) is 31.2 Å². The Balaban J connectivity index is 1.41. The molecule has 1 saturated carbocycles. The van der Waals surface area contributed by atoms with Gasteiger partial charge in [-0.1, -0.05) is 38.1 Å². The van der Waals surface area contributed by atoms with Gasteiger partial charge >= 0.3 is 0 Å². The zero-order valence-electron chi connectivity index (χ0n) is 15.5. The zero-order chi connectivity index (χ0) is 18.4. The van der Waals surface area contributed by atoms with Gasteiger partial charge in [-0.05, 0) is 42.7 Å². The summed E-state index contributed by atoms with van der Waals surface area (Å²) in [5.74, 6) is 1.18. The maximum atomic E-state index is 12.3. The first-order chi connectivity index (χ1) is 12.6. The van der Waals surface area contributed by atoms with E-state index < -0.39 is 0 Å². The standard InChI is InChI=1S/C21H27N3O2/c1-15(2)17-5-3-16(4-6-17)13-20(25)24-18-7-9-19(10-8-18)26-21-14-22-11-12-23-21/h3-6,11-12,14-15,18-19H,7-10,13H2,1-2H3,(H,24,25). The van der Waals surface area contributed by atoms with Gasteiger partial charge in [-0.25, -0.2) is 4.98 Å². The highest BCUT2D eigenvalue weighted by Crippen LogP contribution is 2.22. The zero-order valence-corrected chi connectivity index (χ0v) is 15.5. The van der Waals surface area contributed by atoms with Crippen LogP contribution in [0.2, 0.25) is 0 Å². The van der Waals surface area contributed by atoms with Gasteiger partial charge in [0.1, 0.15) is 6.10 Å². The number of ether oxygens (including phenoxy) is 1. The number of nitrogens with one attached hydrogen (secondary N) is 1. The largest absolute Gasteiger partial charge is 0.473 e. The topological polar surface area (TPSA) is 64.1 Å². The maximum absolute atomic E-state index is 12.3. The predicted molar refractivity (Wildman–Crippen MR) is 101 cm³/mol. The van der Waals surface area contributed by atoms with Crippen molar-refractivity contribution in [3.05, 3.63) is 54.0 Å². The summed E-state index contributed by atoms with van der Waals surface area (Å²) in [6.45, 7) is 4.35. The van der Waals surface area contributed by atoms with Crippen molar-refractivity contribution < 1.29 is 9.53 Å². The van der Waals surface area contributed by atoms with Crippen LogP contribution in [0.1, 0.15) is 56.6 Å². The molecule has 0 radical (unpaired) electrons. The smallest absolute Gasteiger partial charge is 0.232 e. The summed E-state index contributed by atoms with van der Waals surface area (Å²) in [5, 5.41) is 3.17. The van der Waals surface area contributed by atoms with E-state index in [4.69, 9.17) is 4.74 Å². The maximum Gasteiger partial charge on any atom is 0.232 e. The van der Waals surface area contributed by atoms with Crippen LogP contribution in [-0.2, 0) is 11.2 Å². The molecule has 1 aromatic heterocycles. The third-order valence-electron chi connectivity index (χ3n) is 4.88. The minimum absolute atomic E-state index is 0.0978. The second kappa shape index (κ2) is 8.79. The Hall–Kier alpha value is -2.43. The lowest BCUT2D eigenvalue weighted by Gasteiger charge is -2.29. The molecule has 2 aromatic rings. The quantitative estimate of drug-likeness (QED) is 0.861. The Kier molecular flexibility index (Phi) is 6.21. The van der Waals surface area contributed by atoms with Gasteiger partial charge in [0.05, 0.1) is 12.6 Å². The summed E-state index contributed by atoms with van der Waals surface area (Å²) < 4.78 is 5.85. The second-order valence-electron chi connectivity index (χ2n) is 7.28. The molecule has 0 aliphatic heterocycles. The van der Waals surface area contributed by atoms with Crippen molar-refractivity contribution in [1.82, 2.24) is 15.3 Å². The van der Waals surface area contributed by atoms with E-state index in [9.17, 15) is 4.79 Å². The summed E-state index contributed by atoms with van der Waals surface area (Å²) in [7, 11) is 0. The monoisotopic (exact) mass is 353 g/mol. The molecule has 3 rings (SSSR count). The highest BCUT2D eigenvalue weighted by molar-refractivity contribution is 5.78. The van der Waals surface area contributed by atoms with Crippen LogP contribution in [0.25, 0.3) is 0 Å². The van der Waals surface area contributed by atoms with Crippen molar-refractivity contribution in [1.29, 1.82) is 0 Å². The summed E-state index contributed by atoms with van der Waals surface area (Å²) in [5.41, 5.74) is 2.36. The third-order valence-corrected chi connectivity index (χ3v) is 4.88. The van der Waals surface area contributed by atoms with Crippen LogP contribution < -0.4 is 10.1 Å². The molecule has 26 heavy (non-hydrogen) atoms. The molecule has 1 aliphatic carbocycles. The molecule has 0 saturated heterocycles. The number of nitrogens with zero attached hydrogens (tertiary/aromatic N) is 2. The molecule has 1 heterocycles. The highest BCUT2D eigenvalue weighted by Gasteiger charge is 2.24. The summed E-state index contributed by atoms with van der Waals surface area (Å²) in [4.78, 5) is 20.5. The average molecular weight is 353 g/mol. The predicted octanol–water partition coefficient (Wildman–Crippen LogP) is 3.65. The number of rotatable bonds is 6. The Morgan fingerprint density at radius 3 is 2.50 bits per heavy atom. The van der Waals surface area contributed by atoms with Crippen molar-refractivity contribution in [2.24, 2.45) is 0 Å². The molecule has 1 aliphatic rings. The van der Waals surface area contributed by atoms with Gasteiger partial charge in [0.15, 0.2) is 0 Å². The molecule has 1 amide bonds. The summed E-state index contributed by atoms with van der Waals surface area (Å²) >= 11 is 0. The second-order valence-corrected chi connectivity index (χ2v) is 7.28. The lowest BCUT2D eigenvalue weighted by Crippen LogP contribution is -2.40. The fourth-order valence-corrected chi connectivity index (χ4v) is 3.33. The lowest BCUT2D eigenvalue weighted by atomic mass is 9.92. The van der Waals surface area contributed by atoms with E-state index in [1.54, 1.807) is 18.6 Å². The molecule has 5 nitrogen and oxygen atoms in total. The molecular weight excluding hydrogens is 326 g/mol. The molecule has 0 bridgehead atoms. The van der Waals surface area contributed by atoms with E-state index in [1.165, 1.54) is 5.56 Å². The number of aromatic nitrogens is 2. The van der Waals surface area contributed by atoms with E-state index in [0.29, 0.717) is 18.2 Å². The van der Waals surface area contributed by atoms with Gasteiger partial charge in [-0.3, -0.25) is 9.78 Å². The molecule has 0 unspecified atom stereocenters. The minimum atomic E-state index is 0.0978. The number of amides is 1. The van der Waals surface area contributed by atoms with Crippen LogP contribution in [0, 0.1) is 0 Å². The number of hydrogen-bond donors (Lipinski definition) is 1. The third kappa shape index (κ3) is 5.28. The number of carbonyl (C=O) groups excluding carboxylic acids is 1. The van der Waals surface area contributed by atoms with Crippen molar-refractivity contribution in [3.8, 4) is 5.88 Å². The van der Waals surface area contributed by atoms with Gasteiger partial charge in [-0.15, -0.1) is 0 Å². The minimum Gasteiger partial charge on any atom is -0.473 e. The highest BCUT2D eigenvalue weighted by atomic mass is 16.5. The van der Waals surface area contributed by atoms with Gasteiger partial charge < -0.3 is 10.1 Å². The van der Waals surface area contributed by atoms with E-state index in [1.807, 2.05) is 0 Å². The molecule has 0 spiro atoms. The Morgan fingerprint density at radius 1 is 1.15 bits per heavy atom. The summed E-state index contributed by atoms with van der Waals surface area (Å²) in [6.07, 6.45) is 9.21. The van der Waals surface area contributed by atoms with Crippen LogP contribution >= 0.6 is 0 Å². The van der Waals surface area contributed by atoms with Crippen LogP contribution in [0.3, 0.4) is 0 Å². The molecule has 1 N–H and O–H groups in total. The number of carbonyl (C=O) groups is 1. The number of hydrogen-bond acceptors (Lipinski definition) is 4. The fourth-order valence-electron chi connectivity index (χ4n) is 3.33. The van der Waals surface area contributed by atoms with Crippen molar-refractivity contribution in [2.45, 2.75) is 64.0 Å². The van der Waals surface area contributed by atoms with Crippen molar-refractivity contribution in [3.63, 3.8) is 0 Å². The molecular formula is C21H27N3O2. The van der Waals surface area contributed by atoms with E-state index in [-0.39, 0.29) is 18.1 Å². The fraction of sp³-hybridized carbons (Fsp3) is 0.476. The Morgan fingerprint density at radius 2 is 1.88 bits per heavy atom. The van der Waals surface area contributed by atoms with Crippen LogP contribution in [-0.4, -0.2) is 28.0 Å². The Bertz CT molecular complexity index is 693. The summed E-state index contributed by atoms with van der Waals surface area (Å²) in [6, 6.07) is 8.57. The molecule has 1 fully saturated rings. The molecule has 1 aromatic carbocycles. The van der Waals surface area contributed by atoms with Crippen LogP contribution in [0.5, 0.6) is 5.88 Å². The van der Waals surface area contributed by atoms with Gasteiger partial charge in [0.2, 0.25) is 11.8 Å². The average Bonchev–Trinajstić information content (AvgIpc) is 2.64. The van der Waals surface area contributed by atoms with Crippen molar-refractivity contribution in [2.75, 3.05) is 0 Å². The molecule has 0 atom stereocenters. The molecule has 138 valence electrons. The van der Waals surface area contributed by atoms with Gasteiger partial charge in [0.25, 0.3) is 0 Å². The Labute approximate surface area is 155 Å². The van der Waals surface area contributed by atoms with Crippen LogP contribution in [0.4, 0.5) is 0 Å². The van der Waals surface area contributed by atoms with E-state index in [2.05, 4.69) is 53.4 Å². The first kappa shape index (κ1) is 18.4. The first-order valence-corrected chi connectivity index (χ1v) is 9.41. The SMILES string of the molecule is CC(C)c1ccc(CC(=O)NC2CCC(Oc3cnccn3)CC2)cc1.